The molecule has 0 unspecified atom stereocenters. The Hall–Kier alpha value is -2.64. The number of para-hydroxylation sites is 1. The molecule has 0 radical (unpaired) electrons. The molecule has 1 aromatic heterocycles. The standard InChI is InChI=1S/C22H20BrNO4S/c1-3-27-22(26)20-17(15-8-10-16(23)11-9-15)13-29-21(20)24-19(25)12-28-18-7-5-4-6-14(18)2/h4-11,13H,3,12H2,1-2H3,(H,24,25). The monoisotopic (exact) mass is 473 g/mol. The Bertz CT molecular complexity index is 1010. The highest BCUT2D eigenvalue weighted by molar-refractivity contribution is 9.10. The number of hydrogen-bond donors (Lipinski definition) is 1. The number of hydrogen-bond acceptors (Lipinski definition) is 5. The summed E-state index contributed by atoms with van der Waals surface area (Å²) in [6.45, 7) is 3.75. The van der Waals surface area contributed by atoms with E-state index in [4.69, 9.17) is 9.47 Å². The van der Waals surface area contributed by atoms with Crippen molar-refractivity contribution in [1.82, 2.24) is 0 Å². The van der Waals surface area contributed by atoms with Gasteiger partial charge in [0.05, 0.1) is 6.61 Å². The van der Waals surface area contributed by atoms with Crippen molar-refractivity contribution in [3.05, 3.63) is 69.5 Å². The van der Waals surface area contributed by atoms with E-state index in [0.29, 0.717) is 16.3 Å². The van der Waals surface area contributed by atoms with Gasteiger partial charge in [0.15, 0.2) is 6.61 Å². The number of ether oxygens (including phenoxy) is 2. The summed E-state index contributed by atoms with van der Waals surface area (Å²) < 4.78 is 11.8. The van der Waals surface area contributed by atoms with E-state index in [2.05, 4.69) is 21.2 Å². The molecule has 0 saturated carbocycles. The SMILES string of the molecule is CCOC(=O)c1c(-c2ccc(Br)cc2)csc1NC(=O)COc1ccccc1C. The molecule has 0 aliphatic rings. The molecular formula is C22H20BrNO4S. The molecule has 2 aromatic carbocycles. The van der Waals surface area contributed by atoms with E-state index in [1.54, 1.807) is 6.92 Å². The summed E-state index contributed by atoms with van der Waals surface area (Å²) in [7, 11) is 0. The third kappa shape index (κ3) is 5.25. The minimum absolute atomic E-state index is 0.154. The number of rotatable bonds is 7. The smallest absolute Gasteiger partial charge is 0.341 e. The predicted octanol–water partition coefficient (Wildman–Crippen LogP) is 5.68. The lowest BCUT2D eigenvalue weighted by Crippen LogP contribution is -2.21. The van der Waals surface area contributed by atoms with Crippen LogP contribution in [-0.2, 0) is 9.53 Å². The van der Waals surface area contributed by atoms with E-state index in [-0.39, 0.29) is 19.1 Å². The molecule has 0 spiro atoms. The zero-order chi connectivity index (χ0) is 20.8. The maximum absolute atomic E-state index is 12.6. The minimum atomic E-state index is -0.471. The second-order valence-electron chi connectivity index (χ2n) is 6.18. The number of carbonyl (C=O) groups is 2. The van der Waals surface area contributed by atoms with Crippen molar-refractivity contribution < 1.29 is 19.1 Å². The fourth-order valence-corrected chi connectivity index (χ4v) is 3.96. The lowest BCUT2D eigenvalue weighted by Gasteiger charge is -2.10. The number of anilines is 1. The van der Waals surface area contributed by atoms with Gasteiger partial charge in [-0.3, -0.25) is 4.79 Å². The number of halogens is 1. The highest BCUT2D eigenvalue weighted by Crippen LogP contribution is 2.36. The molecule has 0 aliphatic carbocycles. The average molecular weight is 474 g/mol. The Morgan fingerprint density at radius 2 is 1.83 bits per heavy atom. The molecule has 3 rings (SSSR count). The zero-order valence-corrected chi connectivity index (χ0v) is 18.4. The van der Waals surface area contributed by atoms with Gasteiger partial charge < -0.3 is 14.8 Å². The molecular weight excluding hydrogens is 454 g/mol. The third-order valence-electron chi connectivity index (χ3n) is 4.13. The Morgan fingerprint density at radius 3 is 2.52 bits per heavy atom. The summed E-state index contributed by atoms with van der Waals surface area (Å²) in [6, 6.07) is 15.1. The van der Waals surface area contributed by atoms with Crippen molar-refractivity contribution >= 4 is 44.1 Å². The van der Waals surface area contributed by atoms with Crippen LogP contribution in [0.3, 0.4) is 0 Å². The molecule has 1 N–H and O–H groups in total. The molecule has 7 heteroatoms. The molecule has 150 valence electrons. The molecule has 0 fully saturated rings. The van der Waals surface area contributed by atoms with Gasteiger partial charge >= 0.3 is 5.97 Å². The summed E-state index contributed by atoms with van der Waals surface area (Å²) in [5, 5.41) is 5.07. The van der Waals surface area contributed by atoms with Crippen molar-refractivity contribution in [3.8, 4) is 16.9 Å². The van der Waals surface area contributed by atoms with E-state index >= 15 is 0 Å². The van der Waals surface area contributed by atoms with Crippen molar-refractivity contribution in [2.75, 3.05) is 18.5 Å². The highest BCUT2D eigenvalue weighted by atomic mass is 79.9. The Balaban J connectivity index is 1.81. The van der Waals surface area contributed by atoms with E-state index < -0.39 is 5.97 Å². The van der Waals surface area contributed by atoms with Crippen LogP contribution in [0.5, 0.6) is 5.75 Å². The number of amides is 1. The van der Waals surface area contributed by atoms with Crippen molar-refractivity contribution in [2.45, 2.75) is 13.8 Å². The number of esters is 1. The fraction of sp³-hybridized carbons (Fsp3) is 0.182. The summed E-state index contributed by atoms with van der Waals surface area (Å²) >= 11 is 4.69. The summed E-state index contributed by atoms with van der Waals surface area (Å²) in [6.07, 6.45) is 0. The normalized spacial score (nSPS) is 10.4. The van der Waals surface area contributed by atoms with Gasteiger partial charge in [-0.05, 0) is 43.2 Å². The maximum Gasteiger partial charge on any atom is 0.341 e. The molecule has 0 saturated heterocycles. The molecule has 1 amide bonds. The number of carbonyl (C=O) groups excluding carboxylic acids is 2. The van der Waals surface area contributed by atoms with Gasteiger partial charge in [-0.2, -0.15) is 0 Å². The highest BCUT2D eigenvalue weighted by Gasteiger charge is 2.23. The molecule has 3 aromatic rings. The third-order valence-corrected chi connectivity index (χ3v) is 5.56. The van der Waals surface area contributed by atoms with Crippen LogP contribution >= 0.6 is 27.3 Å². The number of benzene rings is 2. The Morgan fingerprint density at radius 1 is 1.10 bits per heavy atom. The van der Waals surface area contributed by atoms with Gasteiger partial charge in [0.1, 0.15) is 16.3 Å². The molecule has 0 bridgehead atoms. The van der Waals surface area contributed by atoms with E-state index in [9.17, 15) is 9.59 Å². The van der Waals surface area contributed by atoms with Crippen LogP contribution in [0.2, 0.25) is 0 Å². The van der Waals surface area contributed by atoms with Crippen molar-refractivity contribution in [2.24, 2.45) is 0 Å². The van der Waals surface area contributed by atoms with Crippen LogP contribution in [0.1, 0.15) is 22.8 Å². The van der Waals surface area contributed by atoms with Crippen molar-refractivity contribution in [1.29, 1.82) is 0 Å². The summed E-state index contributed by atoms with van der Waals surface area (Å²) in [5.41, 5.74) is 2.88. The molecule has 0 aliphatic heterocycles. The van der Waals surface area contributed by atoms with Gasteiger partial charge in [0.25, 0.3) is 5.91 Å². The van der Waals surface area contributed by atoms with E-state index in [0.717, 1.165) is 21.2 Å². The van der Waals surface area contributed by atoms with Gasteiger partial charge in [-0.25, -0.2) is 4.79 Å². The van der Waals surface area contributed by atoms with Gasteiger partial charge in [-0.1, -0.05) is 46.3 Å². The Labute approximate surface area is 181 Å². The van der Waals surface area contributed by atoms with Gasteiger partial charge in [0, 0.05) is 15.4 Å². The lowest BCUT2D eigenvalue weighted by atomic mass is 10.0. The fourth-order valence-electron chi connectivity index (χ4n) is 2.72. The second-order valence-corrected chi connectivity index (χ2v) is 7.98. The zero-order valence-electron chi connectivity index (χ0n) is 16.0. The Kier molecular flexibility index (Phi) is 7.06. The topological polar surface area (TPSA) is 64.6 Å². The first-order chi connectivity index (χ1) is 14.0. The van der Waals surface area contributed by atoms with Crippen LogP contribution in [0.4, 0.5) is 5.00 Å². The largest absolute Gasteiger partial charge is 0.483 e. The van der Waals surface area contributed by atoms with Crippen LogP contribution in [0.25, 0.3) is 11.1 Å². The van der Waals surface area contributed by atoms with Crippen LogP contribution < -0.4 is 10.1 Å². The van der Waals surface area contributed by atoms with Crippen LogP contribution in [0, 0.1) is 6.92 Å². The van der Waals surface area contributed by atoms with Gasteiger partial charge in [-0.15, -0.1) is 11.3 Å². The lowest BCUT2D eigenvalue weighted by molar-refractivity contribution is -0.118. The minimum Gasteiger partial charge on any atom is -0.483 e. The maximum atomic E-state index is 12.6. The number of thiophene rings is 1. The van der Waals surface area contributed by atoms with Gasteiger partial charge in [0.2, 0.25) is 0 Å². The molecule has 0 atom stereocenters. The number of nitrogens with one attached hydrogen (secondary N) is 1. The molecule has 5 nitrogen and oxygen atoms in total. The van der Waals surface area contributed by atoms with Crippen LogP contribution in [-0.4, -0.2) is 25.1 Å². The number of aryl methyl sites for hydroxylation is 1. The first-order valence-corrected chi connectivity index (χ1v) is 10.7. The van der Waals surface area contributed by atoms with E-state index in [1.165, 1.54) is 11.3 Å². The summed E-state index contributed by atoms with van der Waals surface area (Å²) in [4.78, 5) is 25.0. The second kappa shape index (κ2) is 9.71. The molecule has 29 heavy (non-hydrogen) atoms. The summed E-state index contributed by atoms with van der Waals surface area (Å²) in [5.74, 6) is -0.167. The first-order valence-electron chi connectivity index (χ1n) is 9.02. The first kappa shape index (κ1) is 21.1. The predicted molar refractivity (Wildman–Crippen MR) is 119 cm³/mol. The van der Waals surface area contributed by atoms with Crippen LogP contribution in [0.15, 0.2) is 58.4 Å². The quantitative estimate of drug-likeness (QED) is 0.448. The average Bonchev–Trinajstić information content (AvgIpc) is 3.11. The van der Waals surface area contributed by atoms with E-state index in [1.807, 2.05) is 60.8 Å². The van der Waals surface area contributed by atoms with Crippen molar-refractivity contribution in [3.63, 3.8) is 0 Å². The molecule has 1 heterocycles.